The van der Waals surface area contributed by atoms with Gasteiger partial charge in [0.25, 0.3) is 5.69 Å². The molecule has 1 aromatic carbocycles. The Hall–Kier alpha value is -2.11. The molecule has 1 aromatic rings. The predicted octanol–water partition coefficient (Wildman–Crippen LogP) is 1.49. The summed E-state index contributed by atoms with van der Waals surface area (Å²) in [5.74, 6) is -0.189. The van der Waals surface area contributed by atoms with Gasteiger partial charge in [-0.05, 0) is 6.07 Å². The van der Waals surface area contributed by atoms with Crippen molar-refractivity contribution in [3.8, 4) is 5.75 Å². The molecule has 1 rings (SSSR count). The third kappa shape index (κ3) is 3.63. The van der Waals surface area contributed by atoms with Gasteiger partial charge in [0, 0.05) is 13.0 Å². The van der Waals surface area contributed by atoms with Gasteiger partial charge in [-0.1, -0.05) is 6.07 Å². The van der Waals surface area contributed by atoms with Crippen LogP contribution in [0.3, 0.4) is 0 Å². The zero-order valence-electron chi connectivity index (χ0n) is 8.00. The first-order valence-corrected chi connectivity index (χ1v) is 4.10. The van der Waals surface area contributed by atoms with Gasteiger partial charge in [-0.25, -0.2) is 0 Å². The highest BCUT2D eigenvalue weighted by molar-refractivity contribution is 5.65. The highest BCUT2D eigenvalue weighted by Crippen LogP contribution is 2.18. The summed E-state index contributed by atoms with van der Waals surface area (Å²) >= 11 is 0. The summed E-state index contributed by atoms with van der Waals surface area (Å²) < 4.78 is 9.48. The van der Waals surface area contributed by atoms with E-state index >= 15 is 0 Å². The zero-order valence-corrected chi connectivity index (χ0v) is 8.00. The van der Waals surface area contributed by atoms with Gasteiger partial charge in [0.2, 0.25) is 6.79 Å². The number of esters is 1. The first-order chi connectivity index (χ1) is 7.09. The van der Waals surface area contributed by atoms with Crippen LogP contribution in [0, 0.1) is 10.1 Å². The third-order valence-electron chi connectivity index (χ3n) is 1.52. The number of non-ortho nitro benzene ring substituents is 1. The third-order valence-corrected chi connectivity index (χ3v) is 1.52. The van der Waals surface area contributed by atoms with Gasteiger partial charge >= 0.3 is 5.97 Å². The van der Waals surface area contributed by atoms with Crippen molar-refractivity contribution >= 4 is 11.7 Å². The molecule has 15 heavy (non-hydrogen) atoms. The number of carbonyl (C=O) groups excluding carboxylic acids is 1. The molecular formula is C9H9NO5. The van der Waals surface area contributed by atoms with Gasteiger partial charge in [0.1, 0.15) is 5.75 Å². The van der Waals surface area contributed by atoms with Gasteiger partial charge in [-0.2, -0.15) is 0 Å². The van der Waals surface area contributed by atoms with E-state index in [2.05, 4.69) is 4.74 Å². The van der Waals surface area contributed by atoms with E-state index in [4.69, 9.17) is 4.74 Å². The average Bonchev–Trinajstić information content (AvgIpc) is 2.17. The summed E-state index contributed by atoms with van der Waals surface area (Å²) in [6.07, 6.45) is 0. The van der Waals surface area contributed by atoms with Crippen LogP contribution >= 0.6 is 0 Å². The molecular weight excluding hydrogens is 202 g/mol. The van der Waals surface area contributed by atoms with Crippen LogP contribution in [0.2, 0.25) is 0 Å². The second-order valence-electron chi connectivity index (χ2n) is 2.65. The minimum atomic E-state index is -0.529. The van der Waals surface area contributed by atoms with Crippen LogP contribution < -0.4 is 4.74 Å². The fraction of sp³-hybridized carbons (Fsp3) is 0.222. The second-order valence-corrected chi connectivity index (χ2v) is 2.65. The number of nitrogens with zero attached hydrogens (tertiary/aromatic N) is 1. The maximum absolute atomic E-state index is 10.4. The van der Waals surface area contributed by atoms with Crippen molar-refractivity contribution in [2.75, 3.05) is 6.79 Å². The van der Waals surface area contributed by atoms with Crippen LogP contribution in [0.4, 0.5) is 5.69 Å². The van der Waals surface area contributed by atoms with Gasteiger partial charge in [-0.3, -0.25) is 14.9 Å². The number of carbonyl (C=O) groups is 1. The van der Waals surface area contributed by atoms with Crippen LogP contribution in [0.5, 0.6) is 5.75 Å². The quantitative estimate of drug-likeness (QED) is 0.326. The van der Waals surface area contributed by atoms with Gasteiger partial charge in [0.15, 0.2) is 0 Å². The lowest BCUT2D eigenvalue weighted by Crippen LogP contribution is -2.06. The Morgan fingerprint density at radius 1 is 1.53 bits per heavy atom. The maximum atomic E-state index is 10.4. The smallest absolute Gasteiger partial charge is 0.305 e. The summed E-state index contributed by atoms with van der Waals surface area (Å²) in [7, 11) is 0. The molecule has 0 amide bonds. The number of hydrogen-bond donors (Lipinski definition) is 0. The molecule has 80 valence electrons. The normalized spacial score (nSPS) is 9.40. The summed E-state index contributed by atoms with van der Waals surface area (Å²) in [6.45, 7) is 0.993. The highest BCUT2D eigenvalue weighted by atomic mass is 16.7. The fourth-order valence-corrected chi connectivity index (χ4v) is 0.867. The Bertz CT molecular complexity index is 377. The van der Waals surface area contributed by atoms with Crippen LogP contribution in [0.1, 0.15) is 6.92 Å². The Balaban J connectivity index is 2.58. The van der Waals surface area contributed by atoms with Crippen molar-refractivity contribution in [2.24, 2.45) is 0 Å². The van der Waals surface area contributed by atoms with Crippen LogP contribution in [-0.2, 0) is 9.53 Å². The van der Waals surface area contributed by atoms with E-state index < -0.39 is 10.9 Å². The summed E-state index contributed by atoms with van der Waals surface area (Å²) in [6, 6.07) is 5.62. The maximum Gasteiger partial charge on any atom is 0.305 e. The Kier molecular flexibility index (Phi) is 3.61. The highest BCUT2D eigenvalue weighted by Gasteiger charge is 2.06. The topological polar surface area (TPSA) is 78.7 Å². The molecule has 0 N–H and O–H groups in total. The average molecular weight is 211 g/mol. The molecule has 0 heterocycles. The molecule has 0 aromatic heterocycles. The summed E-state index contributed by atoms with van der Waals surface area (Å²) in [4.78, 5) is 20.3. The lowest BCUT2D eigenvalue weighted by molar-refractivity contribution is -0.384. The standard InChI is InChI=1S/C9H9NO5/c1-7(11)14-6-15-9-4-2-3-8(5-9)10(12)13/h2-5H,6H2,1H3. The van der Waals surface area contributed by atoms with Crippen molar-refractivity contribution in [1.82, 2.24) is 0 Å². The molecule has 6 nitrogen and oxygen atoms in total. The van der Waals surface area contributed by atoms with E-state index in [1.54, 1.807) is 0 Å². The van der Waals surface area contributed by atoms with E-state index in [9.17, 15) is 14.9 Å². The number of hydrogen-bond acceptors (Lipinski definition) is 5. The van der Waals surface area contributed by atoms with Crippen molar-refractivity contribution in [3.63, 3.8) is 0 Å². The van der Waals surface area contributed by atoms with Crippen molar-refractivity contribution in [2.45, 2.75) is 6.92 Å². The van der Waals surface area contributed by atoms with Crippen molar-refractivity contribution < 1.29 is 19.2 Å². The van der Waals surface area contributed by atoms with Gasteiger partial charge in [0.05, 0.1) is 11.0 Å². The lowest BCUT2D eigenvalue weighted by atomic mass is 10.3. The zero-order chi connectivity index (χ0) is 11.3. The van der Waals surface area contributed by atoms with E-state index in [1.807, 2.05) is 0 Å². The molecule has 0 saturated carbocycles. The van der Waals surface area contributed by atoms with Gasteiger partial charge in [-0.15, -0.1) is 0 Å². The molecule has 0 fully saturated rings. The number of ether oxygens (including phenoxy) is 2. The van der Waals surface area contributed by atoms with E-state index in [1.165, 1.54) is 31.2 Å². The first-order valence-electron chi connectivity index (χ1n) is 4.10. The van der Waals surface area contributed by atoms with Crippen molar-refractivity contribution in [3.05, 3.63) is 34.4 Å². The number of benzene rings is 1. The summed E-state index contributed by atoms with van der Waals surface area (Å²) in [5, 5.41) is 10.4. The molecule has 0 radical (unpaired) electrons. The minimum Gasteiger partial charge on any atom is -0.457 e. The molecule has 0 aliphatic rings. The van der Waals surface area contributed by atoms with E-state index in [0.29, 0.717) is 0 Å². The largest absolute Gasteiger partial charge is 0.457 e. The van der Waals surface area contributed by atoms with Gasteiger partial charge < -0.3 is 9.47 Å². The molecule has 6 heteroatoms. The number of nitro benzene ring substituents is 1. The Morgan fingerprint density at radius 2 is 2.27 bits per heavy atom. The van der Waals surface area contributed by atoms with Crippen LogP contribution in [0.15, 0.2) is 24.3 Å². The molecule has 0 spiro atoms. The molecule has 0 aliphatic heterocycles. The van der Waals surface area contributed by atoms with Crippen molar-refractivity contribution in [1.29, 1.82) is 0 Å². The SMILES string of the molecule is CC(=O)OCOc1cccc([N+](=O)[O-])c1. The molecule has 0 atom stereocenters. The second kappa shape index (κ2) is 4.94. The molecule has 0 aliphatic carbocycles. The number of rotatable bonds is 4. The molecule has 0 saturated heterocycles. The van der Waals surface area contributed by atoms with E-state index in [0.717, 1.165) is 0 Å². The molecule has 0 bridgehead atoms. The molecule has 0 unspecified atom stereocenters. The minimum absolute atomic E-state index is 0.0738. The Morgan fingerprint density at radius 3 is 2.87 bits per heavy atom. The van der Waals surface area contributed by atoms with Crippen LogP contribution in [-0.4, -0.2) is 17.7 Å². The first kappa shape index (κ1) is 11.0. The predicted molar refractivity (Wildman–Crippen MR) is 50.4 cm³/mol. The lowest BCUT2D eigenvalue weighted by Gasteiger charge is -2.04. The fourth-order valence-electron chi connectivity index (χ4n) is 0.867. The van der Waals surface area contributed by atoms with E-state index in [-0.39, 0.29) is 18.2 Å². The number of nitro groups is 1. The Labute approximate surface area is 85.6 Å². The van der Waals surface area contributed by atoms with Crippen LogP contribution in [0.25, 0.3) is 0 Å². The monoisotopic (exact) mass is 211 g/mol. The summed E-state index contributed by atoms with van der Waals surface area (Å²) in [5.41, 5.74) is -0.0738.